The molecule has 0 aliphatic carbocycles. The van der Waals surface area contributed by atoms with Gasteiger partial charge in [0.15, 0.2) is 5.82 Å². The standard InChI is InChI=1S/C15H12F3N5S/c16-15(17,18)10-3-1-9(2-4-10)14-20-11(8-24-14)13-22-21-12-7-19-5-6-23(12)13/h1-4,8,19H,5-7H2. The van der Waals surface area contributed by atoms with Gasteiger partial charge in [-0.15, -0.1) is 21.5 Å². The molecule has 0 spiro atoms. The summed E-state index contributed by atoms with van der Waals surface area (Å²) in [5.41, 5.74) is 0.678. The maximum Gasteiger partial charge on any atom is 0.416 e. The fraction of sp³-hybridized carbons (Fsp3) is 0.267. The molecule has 1 aliphatic heterocycles. The van der Waals surface area contributed by atoms with Gasteiger partial charge in [-0.3, -0.25) is 0 Å². The zero-order valence-electron chi connectivity index (χ0n) is 12.3. The lowest BCUT2D eigenvalue weighted by Crippen LogP contribution is -2.28. The average molecular weight is 351 g/mol. The summed E-state index contributed by atoms with van der Waals surface area (Å²) in [4.78, 5) is 4.52. The summed E-state index contributed by atoms with van der Waals surface area (Å²) in [7, 11) is 0. The summed E-state index contributed by atoms with van der Waals surface area (Å²) in [5, 5.41) is 14.1. The fourth-order valence-electron chi connectivity index (χ4n) is 2.59. The molecule has 2 aromatic heterocycles. The second-order valence-electron chi connectivity index (χ2n) is 5.38. The Morgan fingerprint density at radius 2 is 1.92 bits per heavy atom. The summed E-state index contributed by atoms with van der Waals surface area (Å²) in [5.74, 6) is 1.56. The van der Waals surface area contributed by atoms with Crippen LogP contribution < -0.4 is 5.32 Å². The van der Waals surface area contributed by atoms with Crippen molar-refractivity contribution in [2.75, 3.05) is 6.54 Å². The molecule has 0 saturated carbocycles. The van der Waals surface area contributed by atoms with Gasteiger partial charge >= 0.3 is 6.18 Å². The summed E-state index contributed by atoms with van der Waals surface area (Å²) >= 11 is 1.38. The third kappa shape index (κ3) is 2.69. The molecule has 5 nitrogen and oxygen atoms in total. The molecule has 1 aliphatic rings. The molecule has 0 unspecified atom stereocenters. The van der Waals surface area contributed by atoms with E-state index in [1.165, 1.54) is 23.5 Å². The molecule has 3 heterocycles. The van der Waals surface area contributed by atoms with E-state index in [1.54, 1.807) is 0 Å². The molecule has 0 bridgehead atoms. The van der Waals surface area contributed by atoms with Gasteiger partial charge in [-0.2, -0.15) is 13.2 Å². The Morgan fingerprint density at radius 3 is 2.67 bits per heavy atom. The maximum atomic E-state index is 12.6. The Hall–Kier alpha value is -2.26. The number of thiazole rings is 1. The second-order valence-corrected chi connectivity index (χ2v) is 6.24. The highest BCUT2D eigenvalue weighted by molar-refractivity contribution is 7.13. The molecular formula is C15H12F3N5S. The minimum Gasteiger partial charge on any atom is -0.308 e. The van der Waals surface area contributed by atoms with Gasteiger partial charge in [-0.1, -0.05) is 12.1 Å². The first-order valence-corrected chi connectivity index (χ1v) is 8.16. The van der Waals surface area contributed by atoms with E-state index in [1.807, 2.05) is 9.95 Å². The van der Waals surface area contributed by atoms with Crippen molar-refractivity contribution in [2.24, 2.45) is 0 Å². The third-order valence-electron chi connectivity index (χ3n) is 3.82. The van der Waals surface area contributed by atoms with Crippen molar-refractivity contribution in [1.82, 2.24) is 25.1 Å². The van der Waals surface area contributed by atoms with Crippen LogP contribution in [0.15, 0.2) is 29.6 Å². The topological polar surface area (TPSA) is 55.6 Å². The quantitative estimate of drug-likeness (QED) is 0.770. The molecule has 0 amide bonds. The van der Waals surface area contributed by atoms with Gasteiger partial charge in [0.2, 0.25) is 0 Å². The van der Waals surface area contributed by atoms with Gasteiger partial charge in [-0.25, -0.2) is 4.98 Å². The normalized spacial score (nSPS) is 14.6. The summed E-state index contributed by atoms with van der Waals surface area (Å²) < 4.78 is 39.9. The molecule has 0 radical (unpaired) electrons. The highest BCUT2D eigenvalue weighted by Crippen LogP contribution is 2.33. The van der Waals surface area contributed by atoms with E-state index in [4.69, 9.17) is 0 Å². The molecule has 0 atom stereocenters. The highest BCUT2D eigenvalue weighted by atomic mass is 32.1. The number of nitrogens with zero attached hydrogens (tertiary/aromatic N) is 4. The third-order valence-corrected chi connectivity index (χ3v) is 4.71. The molecule has 124 valence electrons. The second kappa shape index (κ2) is 5.67. The number of rotatable bonds is 2. The lowest BCUT2D eigenvalue weighted by molar-refractivity contribution is -0.137. The van der Waals surface area contributed by atoms with E-state index < -0.39 is 11.7 Å². The van der Waals surface area contributed by atoms with Gasteiger partial charge in [-0.05, 0) is 12.1 Å². The van der Waals surface area contributed by atoms with Crippen LogP contribution in [-0.4, -0.2) is 26.3 Å². The van der Waals surface area contributed by atoms with E-state index in [9.17, 15) is 13.2 Å². The molecule has 1 N–H and O–H groups in total. The van der Waals surface area contributed by atoms with Crippen LogP contribution in [0.25, 0.3) is 22.1 Å². The van der Waals surface area contributed by atoms with Crippen molar-refractivity contribution in [3.8, 4) is 22.1 Å². The number of fused-ring (bicyclic) bond motifs is 1. The molecule has 24 heavy (non-hydrogen) atoms. The monoisotopic (exact) mass is 351 g/mol. The predicted molar refractivity (Wildman–Crippen MR) is 83.3 cm³/mol. The minimum absolute atomic E-state index is 0.652. The van der Waals surface area contributed by atoms with Crippen molar-refractivity contribution in [1.29, 1.82) is 0 Å². The van der Waals surface area contributed by atoms with Crippen molar-refractivity contribution in [3.63, 3.8) is 0 Å². The molecule has 1 aromatic carbocycles. The number of nitrogens with one attached hydrogen (secondary N) is 1. The van der Waals surface area contributed by atoms with Crippen LogP contribution in [0, 0.1) is 0 Å². The van der Waals surface area contributed by atoms with Crippen molar-refractivity contribution < 1.29 is 13.2 Å². The zero-order chi connectivity index (χ0) is 16.7. The SMILES string of the molecule is FC(F)(F)c1ccc(-c2nc(-c3nnc4n3CCNC4)cs2)cc1. The van der Waals surface area contributed by atoms with Crippen molar-refractivity contribution in [2.45, 2.75) is 19.3 Å². The Kier molecular flexibility index (Phi) is 3.61. The molecule has 0 fully saturated rings. The number of halogens is 3. The predicted octanol–water partition coefficient (Wildman–Crippen LogP) is 3.19. The Bertz CT molecular complexity index is 866. The van der Waals surface area contributed by atoms with E-state index >= 15 is 0 Å². The van der Waals surface area contributed by atoms with Crippen molar-refractivity contribution >= 4 is 11.3 Å². The molecule has 3 aromatic rings. The van der Waals surface area contributed by atoms with E-state index in [2.05, 4.69) is 20.5 Å². The van der Waals surface area contributed by atoms with Crippen LogP contribution in [0.4, 0.5) is 13.2 Å². The van der Waals surface area contributed by atoms with Gasteiger partial charge in [0, 0.05) is 24.0 Å². The smallest absolute Gasteiger partial charge is 0.308 e. The van der Waals surface area contributed by atoms with Crippen LogP contribution in [0.2, 0.25) is 0 Å². The molecule has 0 saturated heterocycles. The van der Waals surface area contributed by atoms with E-state index in [0.717, 1.165) is 31.0 Å². The zero-order valence-corrected chi connectivity index (χ0v) is 13.2. The lowest BCUT2D eigenvalue weighted by atomic mass is 10.1. The average Bonchev–Trinajstić information content (AvgIpc) is 3.21. The first-order valence-electron chi connectivity index (χ1n) is 7.29. The first kappa shape index (κ1) is 15.3. The maximum absolute atomic E-state index is 12.6. The lowest BCUT2D eigenvalue weighted by Gasteiger charge is -2.15. The summed E-state index contributed by atoms with van der Waals surface area (Å²) in [6.07, 6.45) is -4.33. The Balaban J connectivity index is 1.64. The van der Waals surface area contributed by atoms with Crippen LogP contribution in [-0.2, 0) is 19.3 Å². The summed E-state index contributed by atoms with van der Waals surface area (Å²) in [6, 6.07) is 5.02. The molecule has 9 heteroatoms. The van der Waals surface area contributed by atoms with Crippen LogP contribution >= 0.6 is 11.3 Å². The van der Waals surface area contributed by atoms with Crippen molar-refractivity contribution in [3.05, 3.63) is 41.0 Å². The Morgan fingerprint density at radius 1 is 1.12 bits per heavy atom. The number of aromatic nitrogens is 4. The number of alkyl halides is 3. The minimum atomic E-state index is -4.33. The largest absolute Gasteiger partial charge is 0.416 e. The van der Waals surface area contributed by atoms with Gasteiger partial charge in [0.1, 0.15) is 16.5 Å². The van der Waals surface area contributed by atoms with Gasteiger partial charge in [0.25, 0.3) is 0 Å². The number of hydrogen-bond donors (Lipinski definition) is 1. The van der Waals surface area contributed by atoms with Crippen LogP contribution in [0.3, 0.4) is 0 Å². The van der Waals surface area contributed by atoms with Crippen LogP contribution in [0.5, 0.6) is 0 Å². The number of hydrogen-bond acceptors (Lipinski definition) is 5. The van der Waals surface area contributed by atoms with E-state index in [0.29, 0.717) is 28.6 Å². The highest BCUT2D eigenvalue weighted by Gasteiger charge is 2.30. The Labute approximate surface area is 139 Å². The number of benzene rings is 1. The van der Waals surface area contributed by atoms with Crippen LogP contribution in [0.1, 0.15) is 11.4 Å². The van der Waals surface area contributed by atoms with Gasteiger partial charge in [0.05, 0.1) is 12.1 Å². The molecular weight excluding hydrogens is 339 g/mol. The fourth-order valence-corrected chi connectivity index (χ4v) is 3.40. The summed E-state index contributed by atoms with van der Waals surface area (Å²) in [6.45, 7) is 2.28. The molecule has 4 rings (SSSR count). The first-order chi connectivity index (χ1) is 11.5. The van der Waals surface area contributed by atoms with E-state index in [-0.39, 0.29) is 0 Å². The van der Waals surface area contributed by atoms with Gasteiger partial charge < -0.3 is 9.88 Å².